The standard InChI is InChI=1S/C28H27N5O2S/c1-2-3-21(18-29)4-5-23-16-24-10-13-31-20-27(24)28(17-23)32-25-11-14-33(15-12-25)36(34,35)26-8-6-22(19-30)7-9-26/h2-4,6-10,13,16-17,20,25,32H,5,11-12,14-15H2,1H3. The largest absolute Gasteiger partial charge is 0.382 e. The number of pyridine rings is 1. The zero-order chi connectivity index (χ0) is 25.5. The quantitative estimate of drug-likeness (QED) is 0.366. The van der Waals surface area contributed by atoms with Gasteiger partial charge in [-0.25, -0.2) is 8.42 Å². The Labute approximate surface area is 212 Å². The van der Waals surface area contributed by atoms with Gasteiger partial charge in [-0.3, -0.25) is 4.98 Å². The summed E-state index contributed by atoms with van der Waals surface area (Å²) in [7, 11) is -3.60. The lowest BCUT2D eigenvalue weighted by molar-refractivity contribution is 0.330. The van der Waals surface area contributed by atoms with E-state index >= 15 is 0 Å². The molecule has 36 heavy (non-hydrogen) atoms. The van der Waals surface area contributed by atoms with E-state index in [-0.39, 0.29) is 10.9 Å². The maximum absolute atomic E-state index is 13.1. The minimum absolute atomic E-state index is 0.115. The van der Waals surface area contributed by atoms with Crippen LogP contribution < -0.4 is 5.32 Å². The van der Waals surface area contributed by atoms with Gasteiger partial charge in [0, 0.05) is 48.2 Å². The molecule has 7 nitrogen and oxygen atoms in total. The Bertz CT molecular complexity index is 1490. The van der Waals surface area contributed by atoms with Gasteiger partial charge in [-0.05, 0) is 79.6 Å². The molecule has 0 saturated carbocycles. The smallest absolute Gasteiger partial charge is 0.243 e. The van der Waals surface area contributed by atoms with Gasteiger partial charge in [0.15, 0.2) is 0 Å². The molecule has 2 heterocycles. The molecule has 0 amide bonds. The molecule has 1 N–H and O–H groups in total. The first kappa shape index (κ1) is 25.1. The van der Waals surface area contributed by atoms with Gasteiger partial charge in [-0.1, -0.05) is 18.2 Å². The monoisotopic (exact) mass is 497 g/mol. The summed E-state index contributed by atoms with van der Waals surface area (Å²) in [5.74, 6) is 0. The molecule has 1 aromatic heterocycles. The van der Waals surface area contributed by atoms with Gasteiger partial charge < -0.3 is 5.32 Å². The number of hydrogen-bond donors (Lipinski definition) is 1. The number of aromatic nitrogens is 1. The fourth-order valence-electron chi connectivity index (χ4n) is 4.37. The van der Waals surface area contributed by atoms with E-state index in [1.165, 1.54) is 28.6 Å². The molecule has 0 spiro atoms. The van der Waals surface area contributed by atoms with Gasteiger partial charge in [0.05, 0.1) is 22.6 Å². The molecule has 2 aromatic carbocycles. The van der Waals surface area contributed by atoms with E-state index in [0.717, 1.165) is 22.0 Å². The summed E-state index contributed by atoms with van der Waals surface area (Å²) in [6, 6.07) is 16.5. The molecule has 1 aliphatic rings. The number of sulfonamides is 1. The fraction of sp³-hybridized carbons (Fsp3) is 0.250. The first-order chi connectivity index (χ1) is 17.4. The maximum atomic E-state index is 13.1. The number of rotatable bonds is 7. The minimum Gasteiger partial charge on any atom is -0.382 e. The first-order valence-electron chi connectivity index (χ1n) is 11.8. The van der Waals surface area contributed by atoms with Crippen molar-refractivity contribution in [2.75, 3.05) is 18.4 Å². The highest BCUT2D eigenvalue weighted by Crippen LogP contribution is 2.29. The molecule has 1 saturated heterocycles. The molecule has 0 unspecified atom stereocenters. The van der Waals surface area contributed by atoms with Crippen LogP contribution in [0.2, 0.25) is 0 Å². The van der Waals surface area contributed by atoms with Gasteiger partial charge in [-0.15, -0.1) is 0 Å². The number of nitriles is 2. The molecule has 0 bridgehead atoms. The topological polar surface area (TPSA) is 110 Å². The van der Waals surface area contributed by atoms with Crippen LogP contribution in [0.4, 0.5) is 5.69 Å². The lowest BCUT2D eigenvalue weighted by Crippen LogP contribution is -2.42. The molecule has 1 fully saturated rings. The van der Waals surface area contributed by atoms with Gasteiger partial charge >= 0.3 is 0 Å². The third-order valence-electron chi connectivity index (χ3n) is 6.28. The molecule has 0 radical (unpaired) electrons. The van der Waals surface area contributed by atoms with Gasteiger partial charge in [0.1, 0.15) is 0 Å². The summed E-state index contributed by atoms with van der Waals surface area (Å²) < 4.78 is 27.6. The Hall–Kier alpha value is -3.98. The molecule has 4 rings (SSSR count). The van der Waals surface area contributed by atoms with Crippen molar-refractivity contribution in [3.63, 3.8) is 0 Å². The molecule has 0 aliphatic carbocycles. The van der Waals surface area contributed by atoms with Gasteiger partial charge in [0.2, 0.25) is 10.0 Å². The number of fused-ring (bicyclic) bond motifs is 1. The average molecular weight is 498 g/mol. The van der Waals surface area contributed by atoms with Crippen LogP contribution in [0.25, 0.3) is 10.8 Å². The highest BCUT2D eigenvalue weighted by Gasteiger charge is 2.29. The van der Waals surface area contributed by atoms with Crippen molar-refractivity contribution in [3.8, 4) is 12.1 Å². The summed E-state index contributed by atoms with van der Waals surface area (Å²) in [6.45, 7) is 2.71. The SMILES string of the molecule is CC=CC(C#N)=CCc1cc(NC2CCN(S(=O)(=O)c3ccc(C#N)cc3)CC2)c2cnccc2c1. The lowest BCUT2D eigenvalue weighted by Gasteiger charge is -2.32. The Kier molecular flexibility index (Phi) is 7.80. The number of hydrogen-bond acceptors (Lipinski definition) is 6. The molecule has 0 atom stereocenters. The summed E-state index contributed by atoms with van der Waals surface area (Å²) >= 11 is 0. The van der Waals surface area contributed by atoms with Crippen LogP contribution in [-0.2, 0) is 16.4 Å². The molecular weight excluding hydrogens is 470 g/mol. The Morgan fingerprint density at radius 2 is 1.92 bits per heavy atom. The van der Waals surface area contributed by atoms with Crippen molar-refractivity contribution in [2.45, 2.75) is 37.1 Å². The summed E-state index contributed by atoms with van der Waals surface area (Å²) in [4.78, 5) is 4.50. The van der Waals surface area contributed by atoms with E-state index in [1.807, 2.05) is 37.4 Å². The van der Waals surface area contributed by atoms with Crippen LogP contribution >= 0.6 is 0 Å². The average Bonchev–Trinajstić information content (AvgIpc) is 2.91. The van der Waals surface area contributed by atoms with Crippen LogP contribution in [0, 0.1) is 22.7 Å². The third-order valence-corrected chi connectivity index (χ3v) is 8.20. The molecular formula is C28H27N5O2S. The van der Waals surface area contributed by atoms with E-state index in [2.05, 4.69) is 28.5 Å². The Morgan fingerprint density at radius 3 is 2.58 bits per heavy atom. The van der Waals surface area contributed by atoms with Gasteiger partial charge in [-0.2, -0.15) is 14.8 Å². The zero-order valence-electron chi connectivity index (χ0n) is 20.1. The van der Waals surface area contributed by atoms with Crippen molar-refractivity contribution >= 4 is 26.5 Å². The minimum atomic E-state index is -3.60. The van der Waals surface area contributed by atoms with E-state index in [4.69, 9.17) is 5.26 Å². The molecule has 3 aromatic rings. The number of nitrogens with zero attached hydrogens (tertiary/aromatic N) is 4. The van der Waals surface area contributed by atoms with Crippen molar-refractivity contribution in [2.24, 2.45) is 0 Å². The summed E-state index contributed by atoms with van der Waals surface area (Å²) in [5.41, 5.74) is 3.09. The van der Waals surface area contributed by atoms with E-state index in [0.29, 0.717) is 43.5 Å². The normalized spacial score (nSPS) is 15.6. The predicted molar refractivity (Wildman–Crippen MR) is 141 cm³/mol. The first-order valence-corrected chi connectivity index (χ1v) is 13.2. The summed E-state index contributed by atoms with van der Waals surface area (Å²) in [5, 5.41) is 24.0. The van der Waals surface area contributed by atoms with Crippen molar-refractivity contribution < 1.29 is 8.42 Å². The van der Waals surface area contributed by atoms with Crippen LogP contribution in [-0.4, -0.2) is 36.8 Å². The number of piperidine rings is 1. The van der Waals surface area contributed by atoms with Crippen molar-refractivity contribution in [3.05, 3.63) is 89.8 Å². The highest BCUT2D eigenvalue weighted by molar-refractivity contribution is 7.89. The van der Waals surface area contributed by atoms with Gasteiger partial charge in [0.25, 0.3) is 0 Å². The van der Waals surface area contributed by atoms with Crippen LogP contribution in [0.15, 0.2) is 83.6 Å². The van der Waals surface area contributed by atoms with Crippen LogP contribution in [0.5, 0.6) is 0 Å². The number of anilines is 1. The third kappa shape index (κ3) is 5.63. The van der Waals surface area contributed by atoms with E-state index in [1.54, 1.807) is 12.3 Å². The fourth-order valence-corrected chi connectivity index (χ4v) is 5.84. The Balaban J connectivity index is 1.49. The molecule has 8 heteroatoms. The number of allylic oxidation sites excluding steroid dienone is 4. The van der Waals surface area contributed by atoms with Crippen LogP contribution in [0.3, 0.4) is 0 Å². The second kappa shape index (κ2) is 11.2. The lowest BCUT2D eigenvalue weighted by atomic mass is 10.0. The maximum Gasteiger partial charge on any atom is 0.243 e. The highest BCUT2D eigenvalue weighted by atomic mass is 32.2. The van der Waals surface area contributed by atoms with E-state index < -0.39 is 10.0 Å². The predicted octanol–water partition coefficient (Wildman–Crippen LogP) is 4.94. The number of benzene rings is 2. The zero-order valence-corrected chi connectivity index (χ0v) is 20.9. The Morgan fingerprint density at radius 1 is 1.17 bits per heavy atom. The molecule has 182 valence electrons. The molecule has 1 aliphatic heterocycles. The summed E-state index contributed by atoms with van der Waals surface area (Å²) in [6.07, 6.45) is 11.1. The second-order valence-corrected chi connectivity index (χ2v) is 10.6. The van der Waals surface area contributed by atoms with E-state index in [9.17, 15) is 13.7 Å². The second-order valence-electron chi connectivity index (χ2n) is 8.67. The van der Waals surface area contributed by atoms with Crippen molar-refractivity contribution in [1.29, 1.82) is 10.5 Å². The number of nitrogens with one attached hydrogen (secondary N) is 1. The van der Waals surface area contributed by atoms with Crippen molar-refractivity contribution in [1.82, 2.24) is 9.29 Å². The van der Waals surface area contributed by atoms with Crippen LogP contribution in [0.1, 0.15) is 30.9 Å².